The third-order valence-corrected chi connectivity index (χ3v) is 2.64. The van der Waals surface area contributed by atoms with Crippen LogP contribution in [0.3, 0.4) is 0 Å². The van der Waals surface area contributed by atoms with Crippen LogP contribution in [-0.2, 0) is 6.54 Å². The fourth-order valence-corrected chi connectivity index (χ4v) is 1.74. The van der Waals surface area contributed by atoms with E-state index in [-0.39, 0.29) is 6.54 Å². The summed E-state index contributed by atoms with van der Waals surface area (Å²) in [5.41, 5.74) is -1.20. The van der Waals surface area contributed by atoms with Gasteiger partial charge in [-0.25, -0.2) is 0 Å². The van der Waals surface area contributed by atoms with Crippen molar-refractivity contribution in [2.24, 2.45) is 0 Å². The number of hydrogen-bond acceptors (Lipinski definition) is 6. The quantitative estimate of drug-likeness (QED) is 0.605. The summed E-state index contributed by atoms with van der Waals surface area (Å²) in [6.45, 7) is 1.92. The number of rotatable bonds is 4. The van der Waals surface area contributed by atoms with Crippen LogP contribution in [0.5, 0.6) is 0 Å². The SMILES string of the molecule is CCCn1nc([N+](=O)[O-])c(C(C#N)C#N)c(Cl)c1=O. The summed E-state index contributed by atoms with van der Waals surface area (Å²) in [6.07, 6.45) is 0.527. The van der Waals surface area contributed by atoms with E-state index in [9.17, 15) is 14.9 Å². The Morgan fingerprint density at radius 2 is 2.11 bits per heavy atom. The van der Waals surface area contributed by atoms with Gasteiger partial charge in [0.1, 0.15) is 10.6 Å². The van der Waals surface area contributed by atoms with Gasteiger partial charge in [0.25, 0.3) is 0 Å². The molecule has 0 saturated heterocycles. The molecule has 0 aliphatic carbocycles. The van der Waals surface area contributed by atoms with Crippen LogP contribution in [0.1, 0.15) is 24.8 Å². The smallest absolute Gasteiger partial charge is 0.358 e. The fourth-order valence-electron chi connectivity index (χ4n) is 1.45. The van der Waals surface area contributed by atoms with Gasteiger partial charge in [-0.05, 0) is 11.3 Å². The minimum absolute atomic E-state index is 0.156. The summed E-state index contributed by atoms with van der Waals surface area (Å²) in [5.74, 6) is -2.25. The van der Waals surface area contributed by atoms with Gasteiger partial charge < -0.3 is 10.1 Å². The van der Waals surface area contributed by atoms with Gasteiger partial charge in [0.05, 0.1) is 23.8 Å². The summed E-state index contributed by atoms with van der Waals surface area (Å²) in [6, 6.07) is 3.09. The van der Waals surface area contributed by atoms with Gasteiger partial charge in [-0.2, -0.15) is 10.5 Å². The molecule has 0 atom stereocenters. The first kappa shape index (κ1) is 14.6. The average Bonchev–Trinajstić information content (AvgIpc) is 2.38. The van der Waals surface area contributed by atoms with Crippen LogP contribution < -0.4 is 5.56 Å². The Hall–Kier alpha value is -2.45. The molecule has 9 heteroatoms. The molecule has 98 valence electrons. The molecule has 1 aromatic heterocycles. The van der Waals surface area contributed by atoms with Crippen molar-refractivity contribution in [3.63, 3.8) is 0 Å². The van der Waals surface area contributed by atoms with E-state index in [4.69, 9.17) is 22.1 Å². The molecule has 1 rings (SSSR count). The molecule has 0 aromatic carbocycles. The molecular weight excluding hydrogens is 274 g/mol. The maximum absolute atomic E-state index is 11.8. The molecule has 1 heterocycles. The normalized spacial score (nSPS) is 9.95. The van der Waals surface area contributed by atoms with Crippen molar-refractivity contribution in [2.45, 2.75) is 25.8 Å². The van der Waals surface area contributed by atoms with Gasteiger partial charge in [-0.3, -0.25) is 4.79 Å². The Labute approximate surface area is 112 Å². The molecule has 0 aliphatic heterocycles. The van der Waals surface area contributed by atoms with Gasteiger partial charge in [-0.1, -0.05) is 18.5 Å². The summed E-state index contributed by atoms with van der Waals surface area (Å²) in [7, 11) is 0. The van der Waals surface area contributed by atoms with Crippen LogP contribution in [-0.4, -0.2) is 14.7 Å². The third-order valence-electron chi connectivity index (χ3n) is 2.27. The Morgan fingerprint density at radius 1 is 1.53 bits per heavy atom. The predicted molar refractivity (Wildman–Crippen MR) is 64.4 cm³/mol. The highest BCUT2D eigenvalue weighted by atomic mass is 35.5. The predicted octanol–water partition coefficient (Wildman–Crippen LogP) is 1.35. The van der Waals surface area contributed by atoms with Gasteiger partial charge in [-0.15, -0.1) is 4.68 Å². The topological polar surface area (TPSA) is 126 Å². The average molecular weight is 282 g/mol. The molecule has 1 aromatic rings. The second kappa shape index (κ2) is 5.94. The van der Waals surface area contributed by atoms with Crippen LogP contribution in [0.15, 0.2) is 4.79 Å². The van der Waals surface area contributed by atoms with Crippen molar-refractivity contribution >= 4 is 17.4 Å². The molecule has 0 radical (unpaired) electrons. The maximum Gasteiger partial charge on any atom is 0.395 e. The second-order valence-electron chi connectivity index (χ2n) is 3.53. The molecule has 8 nitrogen and oxygen atoms in total. The number of aromatic nitrogens is 2. The van der Waals surface area contributed by atoms with Crippen molar-refractivity contribution in [1.82, 2.24) is 9.78 Å². The lowest BCUT2D eigenvalue weighted by Crippen LogP contribution is -2.26. The van der Waals surface area contributed by atoms with E-state index in [0.29, 0.717) is 6.42 Å². The van der Waals surface area contributed by atoms with E-state index in [1.54, 1.807) is 19.1 Å². The number of nitro groups is 1. The third kappa shape index (κ3) is 2.69. The van der Waals surface area contributed by atoms with Crippen LogP contribution in [0.25, 0.3) is 0 Å². The zero-order valence-corrected chi connectivity index (χ0v) is 10.6. The minimum Gasteiger partial charge on any atom is -0.358 e. The molecule has 0 bridgehead atoms. The van der Waals surface area contributed by atoms with Crippen molar-refractivity contribution in [1.29, 1.82) is 10.5 Å². The molecule has 0 saturated carbocycles. The standard InChI is InChI=1S/C10H8ClN5O3/c1-2-3-15-10(17)8(11)7(6(4-12)5-13)9(14-15)16(18)19/h6H,2-3H2,1H3. The monoisotopic (exact) mass is 281 g/mol. The Morgan fingerprint density at radius 3 is 2.53 bits per heavy atom. The highest BCUT2D eigenvalue weighted by molar-refractivity contribution is 6.31. The Kier molecular flexibility index (Phi) is 4.56. The zero-order chi connectivity index (χ0) is 14.6. The summed E-state index contributed by atoms with van der Waals surface area (Å²) < 4.78 is 0.857. The highest BCUT2D eigenvalue weighted by Crippen LogP contribution is 2.28. The van der Waals surface area contributed by atoms with Crippen molar-refractivity contribution in [3.05, 3.63) is 31.1 Å². The van der Waals surface area contributed by atoms with E-state index >= 15 is 0 Å². The molecule has 0 N–H and O–H groups in total. The highest BCUT2D eigenvalue weighted by Gasteiger charge is 2.31. The van der Waals surface area contributed by atoms with E-state index in [1.165, 1.54) is 0 Å². The molecule has 0 aliphatic rings. The van der Waals surface area contributed by atoms with Gasteiger partial charge in [0.15, 0.2) is 5.92 Å². The first-order valence-electron chi connectivity index (χ1n) is 5.22. The molecular formula is C10H8ClN5O3. The van der Waals surface area contributed by atoms with E-state index in [2.05, 4.69) is 5.10 Å². The van der Waals surface area contributed by atoms with E-state index in [1.807, 2.05) is 0 Å². The number of nitrogens with zero attached hydrogens (tertiary/aromatic N) is 5. The maximum atomic E-state index is 11.8. The second-order valence-corrected chi connectivity index (χ2v) is 3.91. The molecule has 0 spiro atoms. The fraction of sp³-hybridized carbons (Fsp3) is 0.400. The lowest BCUT2D eigenvalue weighted by Gasteiger charge is -2.06. The van der Waals surface area contributed by atoms with E-state index < -0.39 is 32.8 Å². The number of halogens is 1. The number of nitriles is 2. The molecule has 0 unspecified atom stereocenters. The summed E-state index contributed by atoms with van der Waals surface area (Å²) in [5, 5.41) is 31.5. The van der Waals surface area contributed by atoms with Crippen LogP contribution in [0.2, 0.25) is 5.02 Å². The molecule has 0 fully saturated rings. The van der Waals surface area contributed by atoms with Gasteiger partial charge >= 0.3 is 11.4 Å². The zero-order valence-electron chi connectivity index (χ0n) is 9.83. The number of aryl methyl sites for hydroxylation is 1. The van der Waals surface area contributed by atoms with Crippen molar-refractivity contribution < 1.29 is 4.92 Å². The van der Waals surface area contributed by atoms with Gasteiger partial charge in [0.2, 0.25) is 0 Å². The largest absolute Gasteiger partial charge is 0.395 e. The first-order chi connectivity index (χ1) is 8.97. The molecule has 19 heavy (non-hydrogen) atoms. The summed E-state index contributed by atoms with van der Waals surface area (Å²) in [4.78, 5) is 21.9. The molecule has 0 amide bonds. The van der Waals surface area contributed by atoms with Crippen LogP contribution in [0, 0.1) is 32.8 Å². The van der Waals surface area contributed by atoms with Crippen LogP contribution in [0.4, 0.5) is 5.82 Å². The van der Waals surface area contributed by atoms with Crippen molar-refractivity contribution in [3.8, 4) is 12.1 Å². The lowest BCUT2D eigenvalue weighted by molar-refractivity contribution is -0.391. The van der Waals surface area contributed by atoms with Crippen molar-refractivity contribution in [2.75, 3.05) is 0 Å². The number of hydrogen-bond donors (Lipinski definition) is 0. The van der Waals surface area contributed by atoms with E-state index in [0.717, 1.165) is 4.68 Å². The Balaban J connectivity index is 3.69. The lowest BCUT2D eigenvalue weighted by atomic mass is 10.0. The van der Waals surface area contributed by atoms with Crippen LogP contribution >= 0.6 is 11.6 Å². The summed E-state index contributed by atoms with van der Waals surface area (Å²) >= 11 is 5.76. The van der Waals surface area contributed by atoms with Gasteiger partial charge in [0, 0.05) is 0 Å². The minimum atomic E-state index is -1.51. The Bertz CT molecular complexity index is 641. The first-order valence-corrected chi connectivity index (χ1v) is 5.59.